The van der Waals surface area contributed by atoms with Crippen LogP contribution in [0.3, 0.4) is 0 Å². The fourth-order valence-corrected chi connectivity index (χ4v) is 6.04. The van der Waals surface area contributed by atoms with Crippen LogP contribution in [0.2, 0.25) is 0 Å². The third kappa shape index (κ3) is 3.78. The number of sulfonamides is 1. The van der Waals surface area contributed by atoms with Gasteiger partial charge in [0.05, 0.1) is 31.1 Å². The Balaban J connectivity index is 1.36. The van der Waals surface area contributed by atoms with Crippen LogP contribution in [0, 0.1) is 5.92 Å². The van der Waals surface area contributed by atoms with E-state index in [4.69, 9.17) is 0 Å². The third-order valence-corrected chi connectivity index (χ3v) is 8.48. The number of hydrogen-bond acceptors (Lipinski definition) is 4. The first-order valence-corrected chi connectivity index (χ1v) is 11.8. The van der Waals surface area contributed by atoms with E-state index in [1.54, 1.807) is 30.3 Å². The van der Waals surface area contributed by atoms with Crippen molar-refractivity contribution in [3.8, 4) is 0 Å². The summed E-state index contributed by atoms with van der Waals surface area (Å²) in [6, 6.07) is 8.12. The van der Waals surface area contributed by atoms with Crippen molar-refractivity contribution in [2.45, 2.75) is 43.0 Å². The number of urea groups is 1. The monoisotopic (exact) mass is 421 g/mol. The van der Waals surface area contributed by atoms with E-state index in [0.717, 1.165) is 17.7 Å². The van der Waals surface area contributed by atoms with Gasteiger partial charge in [-0.25, -0.2) is 18.1 Å². The van der Waals surface area contributed by atoms with Gasteiger partial charge in [0.2, 0.25) is 10.0 Å². The average Bonchev–Trinajstić information content (AvgIpc) is 2.95. The van der Waals surface area contributed by atoms with E-state index >= 15 is 0 Å². The Hall–Kier alpha value is -1.97. The van der Waals surface area contributed by atoms with Crippen molar-refractivity contribution in [3.05, 3.63) is 30.3 Å². The Morgan fingerprint density at radius 3 is 2.34 bits per heavy atom. The topological polar surface area (TPSA) is 91.2 Å². The van der Waals surface area contributed by atoms with Crippen LogP contribution < -0.4 is 10.2 Å². The van der Waals surface area contributed by atoms with E-state index in [0.29, 0.717) is 56.5 Å². The molecule has 3 aliphatic rings. The first kappa shape index (κ1) is 20.3. The number of carbonyl (C=O) groups is 2. The molecule has 8 nitrogen and oxygen atoms in total. The lowest BCUT2D eigenvalue weighted by Gasteiger charge is -2.34. The SMILES string of the molecule is CC1CCC2(CC1)NC(=O)N(C[NH+]1CCN(S(=O)(=O)c3ccccc3)CC1)C2=O. The normalized spacial score (nSPS) is 29.4. The summed E-state index contributed by atoms with van der Waals surface area (Å²) in [5.74, 6) is 0.478. The van der Waals surface area contributed by atoms with Gasteiger partial charge in [-0.2, -0.15) is 4.31 Å². The van der Waals surface area contributed by atoms with Gasteiger partial charge < -0.3 is 10.2 Å². The summed E-state index contributed by atoms with van der Waals surface area (Å²) >= 11 is 0. The fourth-order valence-electron chi connectivity index (χ4n) is 4.58. The number of rotatable bonds is 4. The molecule has 29 heavy (non-hydrogen) atoms. The largest absolute Gasteiger partial charge is 0.329 e. The standard InChI is InChI=1S/C20H28N4O4S/c1-16-7-9-20(10-8-16)18(25)24(19(26)21-20)15-22-11-13-23(14-12-22)29(27,28)17-5-3-2-4-6-17/h2-6,16H,7-15H2,1H3,(H,21,26)/p+1. The Labute approximate surface area is 171 Å². The van der Waals surface area contributed by atoms with Crippen LogP contribution in [0.1, 0.15) is 32.6 Å². The molecule has 4 rings (SSSR count). The molecule has 2 aliphatic heterocycles. The van der Waals surface area contributed by atoms with Crippen LogP contribution >= 0.6 is 0 Å². The van der Waals surface area contributed by atoms with Gasteiger partial charge in [0.15, 0.2) is 6.67 Å². The molecule has 1 aliphatic carbocycles. The summed E-state index contributed by atoms with van der Waals surface area (Å²) in [5, 5.41) is 2.95. The highest BCUT2D eigenvalue weighted by Crippen LogP contribution is 2.35. The molecule has 2 heterocycles. The molecule has 0 aromatic heterocycles. The molecular weight excluding hydrogens is 392 g/mol. The molecule has 0 bridgehead atoms. The molecular formula is C20H29N4O4S+. The lowest BCUT2D eigenvalue weighted by Crippen LogP contribution is -3.16. The van der Waals surface area contributed by atoms with E-state index in [-0.39, 0.29) is 11.9 Å². The third-order valence-electron chi connectivity index (χ3n) is 6.57. The van der Waals surface area contributed by atoms with E-state index in [1.165, 1.54) is 9.21 Å². The number of benzene rings is 1. The molecule has 0 radical (unpaired) electrons. The maximum absolute atomic E-state index is 13.0. The van der Waals surface area contributed by atoms with E-state index in [1.807, 2.05) is 0 Å². The second kappa shape index (κ2) is 7.70. The number of nitrogens with zero attached hydrogens (tertiary/aromatic N) is 2. The summed E-state index contributed by atoms with van der Waals surface area (Å²) in [5.41, 5.74) is -0.721. The molecule has 3 amide bonds. The van der Waals surface area contributed by atoms with Crippen molar-refractivity contribution in [3.63, 3.8) is 0 Å². The molecule has 1 aromatic rings. The highest BCUT2D eigenvalue weighted by atomic mass is 32.2. The van der Waals surface area contributed by atoms with Crippen LogP contribution in [-0.2, 0) is 14.8 Å². The highest BCUT2D eigenvalue weighted by molar-refractivity contribution is 7.89. The summed E-state index contributed by atoms with van der Waals surface area (Å²) in [4.78, 5) is 28.2. The molecule has 158 valence electrons. The summed E-state index contributed by atoms with van der Waals surface area (Å²) < 4.78 is 27.0. The van der Waals surface area contributed by atoms with Gasteiger partial charge in [-0.15, -0.1) is 0 Å². The number of carbonyl (C=O) groups excluding carboxylic acids is 2. The van der Waals surface area contributed by atoms with E-state index in [9.17, 15) is 18.0 Å². The second-order valence-corrected chi connectivity index (χ2v) is 10.5. The van der Waals surface area contributed by atoms with Gasteiger partial charge in [-0.1, -0.05) is 25.1 Å². The Morgan fingerprint density at radius 2 is 1.72 bits per heavy atom. The molecule has 1 aromatic carbocycles. The fraction of sp³-hybridized carbons (Fsp3) is 0.600. The van der Waals surface area contributed by atoms with Gasteiger partial charge in [0.1, 0.15) is 5.54 Å². The number of nitrogens with one attached hydrogen (secondary N) is 2. The molecule has 0 atom stereocenters. The Morgan fingerprint density at radius 1 is 1.10 bits per heavy atom. The van der Waals surface area contributed by atoms with Gasteiger partial charge >= 0.3 is 6.03 Å². The van der Waals surface area contributed by atoms with E-state index in [2.05, 4.69) is 12.2 Å². The minimum absolute atomic E-state index is 0.110. The van der Waals surface area contributed by atoms with E-state index < -0.39 is 15.6 Å². The Bertz CT molecular complexity index is 873. The average molecular weight is 422 g/mol. The smallest absolute Gasteiger partial charge is 0.323 e. The molecule has 2 saturated heterocycles. The number of imide groups is 1. The van der Waals surface area contributed by atoms with Gasteiger partial charge in [0.25, 0.3) is 5.91 Å². The lowest BCUT2D eigenvalue weighted by molar-refractivity contribution is -0.910. The van der Waals surface area contributed by atoms with Crippen molar-refractivity contribution >= 4 is 22.0 Å². The molecule has 0 unspecified atom stereocenters. The van der Waals surface area contributed by atoms with Gasteiger partial charge in [-0.05, 0) is 43.7 Å². The number of hydrogen-bond donors (Lipinski definition) is 2. The zero-order valence-corrected chi connectivity index (χ0v) is 17.6. The quantitative estimate of drug-likeness (QED) is 0.672. The number of amides is 3. The van der Waals surface area contributed by atoms with Crippen molar-refractivity contribution in [2.24, 2.45) is 5.92 Å². The zero-order chi connectivity index (χ0) is 20.6. The molecule has 1 saturated carbocycles. The van der Waals surface area contributed by atoms with Crippen molar-refractivity contribution in [1.29, 1.82) is 0 Å². The summed E-state index contributed by atoms with van der Waals surface area (Å²) in [6.07, 6.45) is 3.30. The lowest BCUT2D eigenvalue weighted by atomic mass is 9.77. The van der Waals surface area contributed by atoms with Crippen LogP contribution in [0.4, 0.5) is 4.79 Å². The molecule has 9 heteroatoms. The number of piperazine rings is 1. The number of quaternary nitrogens is 1. The molecule has 2 N–H and O–H groups in total. The predicted octanol–water partition coefficient (Wildman–Crippen LogP) is 0.0340. The zero-order valence-electron chi connectivity index (χ0n) is 16.8. The highest BCUT2D eigenvalue weighted by Gasteiger charge is 2.53. The minimum atomic E-state index is -3.50. The summed E-state index contributed by atoms with van der Waals surface area (Å²) in [6.45, 7) is 4.35. The van der Waals surface area contributed by atoms with Crippen molar-refractivity contribution in [1.82, 2.24) is 14.5 Å². The van der Waals surface area contributed by atoms with Crippen molar-refractivity contribution in [2.75, 3.05) is 32.8 Å². The first-order valence-electron chi connectivity index (χ1n) is 10.3. The predicted molar refractivity (Wildman–Crippen MR) is 107 cm³/mol. The summed E-state index contributed by atoms with van der Waals surface area (Å²) in [7, 11) is -3.50. The maximum atomic E-state index is 13.0. The van der Waals surface area contributed by atoms with Crippen LogP contribution in [-0.4, -0.2) is 67.9 Å². The Kier molecular flexibility index (Phi) is 5.39. The van der Waals surface area contributed by atoms with Crippen LogP contribution in [0.15, 0.2) is 35.2 Å². The van der Waals surface area contributed by atoms with Gasteiger partial charge in [0, 0.05) is 0 Å². The second-order valence-electron chi connectivity index (χ2n) is 8.55. The van der Waals surface area contributed by atoms with Crippen molar-refractivity contribution < 1.29 is 22.9 Å². The first-order chi connectivity index (χ1) is 13.8. The van der Waals surface area contributed by atoms with Crippen LogP contribution in [0.5, 0.6) is 0 Å². The molecule has 3 fully saturated rings. The maximum Gasteiger partial charge on any atom is 0.329 e. The van der Waals surface area contributed by atoms with Crippen LogP contribution in [0.25, 0.3) is 0 Å². The molecule has 1 spiro atoms. The minimum Gasteiger partial charge on any atom is -0.323 e. The van der Waals surface area contributed by atoms with Gasteiger partial charge in [-0.3, -0.25) is 4.79 Å².